The van der Waals surface area contributed by atoms with Crippen LogP contribution in [-0.4, -0.2) is 14.5 Å². The third kappa shape index (κ3) is 3.35. The highest BCUT2D eigenvalue weighted by atomic mass is 79.9. The molecule has 2 unspecified atom stereocenters. The summed E-state index contributed by atoms with van der Waals surface area (Å²) >= 11 is 3.30. The Morgan fingerprint density at radius 1 is 1.30 bits per heavy atom. The van der Waals surface area contributed by atoms with Crippen LogP contribution < -0.4 is 10.5 Å². The van der Waals surface area contributed by atoms with Gasteiger partial charge in [-0.2, -0.15) is 0 Å². The van der Waals surface area contributed by atoms with Crippen LogP contribution >= 0.6 is 15.9 Å². The van der Waals surface area contributed by atoms with E-state index in [1.54, 1.807) is 19.1 Å². The second kappa shape index (κ2) is 6.03. The third-order valence-electron chi connectivity index (χ3n) is 4.07. The Labute approximate surface area is 129 Å². The van der Waals surface area contributed by atoms with Crippen LogP contribution in [0.3, 0.4) is 0 Å². The maximum absolute atomic E-state index is 12.6. The molecular formula is C14H21BrN2O2S. The van der Waals surface area contributed by atoms with Crippen molar-refractivity contribution in [3.8, 4) is 0 Å². The van der Waals surface area contributed by atoms with Gasteiger partial charge >= 0.3 is 0 Å². The highest BCUT2D eigenvalue weighted by Crippen LogP contribution is 2.29. The lowest BCUT2D eigenvalue weighted by atomic mass is 9.87. The second-order valence-electron chi connectivity index (χ2n) is 5.61. The van der Waals surface area contributed by atoms with Crippen molar-refractivity contribution in [3.63, 3.8) is 0 Å². The number of sulfonamides is 1. The fourth-order valence-electron chi connectivity index (χ4n) is 2.71. The smallest absolute Gasteiger partial charge is 0.241 e. The van der Waals surface area contributed by atoms with Gasteiger partial charge in [0.2, 0.25) is 10.0 Å². The molecule has 0 aromatic heterocycles. The third-order valence-corrected chi connectivity index (χ3v) is 6.15. The van der Waals surface area contributed by atoms with E-state index >= 15 is 0 Å². The fourth-order valence-corrected chi connectivity index (χ4v) is 5.01. The standard InChI is InChI=1S/C14H21BrN2O2S/c1-9-5-3-4-6-13(9)17-20(18,19)14-8-11(15)7-12(16)10(14)2/h7-9,13,17H,3-6,16H2,1-2H3. The molecule has 2 rings (SSSR count). The average molecular weight is 361 g/mol. The molecule has 0 aliphatic heterocycles. The zero-order valence-corrected chi connectivity index (χ0v) is 14.2. The first-order valence-electron chi connectivity index (χ1n) is 6.89. The summed E-state index contributed by atoms with van der Waals surface area (Å²) in [5.74, 6) is 0.378. The number of rotatable bonds is 3. The Morgan fingerprint density at radius 3 is 2.60 bits per heavy atom. The van der Waals surface area contributed by atoms with Crippen LogP contribution in [0.5, 0.6) is 0 Å². The number of benzene rings is 1. The van der Waals surface area contributed by atoms with Gasteiger partial charge < -0.3 is 5.73 Å². The molecule has 20 heavy (non-hydrogen) atoms. The van der Waals surface area contributed by atoms with Crippen LogP contribution in [0.15, 0.2) is 21.5 Å². The van der Waals surface area contributed by atoms with Gasteiger partial charge in [0.1, 0.15) is 0 Å². The predicted molar refractivity (Wildman–Crippen MR) is 85.0 cm³/mol. The number of hydrogen-bond donors (Lipinski definition) is 2. The van der Waals surface area contributed by atoms with E-state index in [-0.39, 0.29) is 10.9 Å². The molecule has 0 spiro atoms. The molecule has 1 fully saturated rings. The number of anilines is 1. The SMILES string of the molecule is Cc1c(N)cc(Br)cc1S(=O)(=O)NC1CCCCC1C. The molecule has 0 amide bonds. The van der Waals surface area contributed by atoms with Crippen LogP contribution in [0.25, 0.3) is 0 Å². The average Bonchev–Trinajstić information content (AvgIpc) is 2.36. The van der Waals surface area contributed by atoms with Gasteiger partial charge in [0.25, 0.3) is 0 Å². The van der Waals surface area contributed by atoms with E-state index in [9.17, 15) is 8.42 Å². The Morgan fingerprint density at radius 2 is 1.95 bits per heavy atom. The second-order valence-corrected chi connectivity index (χ2v) is 8.21. The Bertz CT molecular complexity index is 601. The molecule has 0 radical (unpaired) electrons. The highest BCUT2D eigenvalue weighted by Gasteiger charge is 2.28. The zero-order valence-electron chi connectivity index (χ0n) is 11.8. The largest absolute Gasteiger partial charge is 0.398 e. The molecule has 0 saturated heterocycles. The molecule has 2 atom stereocenters. The fraction of sp³-hybridized carbons (Fsp3) is 0.571. The molecule has 1 aromatic carbocycles. The summed E-state index contributed by atoms with van der Waals surface area (Å²) in [5, 5.41) is 0. The summed E-state index contributed by atoms with van der Waals surface area (Å²) in [6.07, 6.45) is 4.25. The van der Waals surface area contributed by atoms with Crippen molar-refractivity contribution in [2.45, 2.75) is 50.5 Å². The van der Waals surface area contributed by atoms with Gasteiger partial charge in [0.15, 0.2) is 0 Å². The van der Waals surface area contributed by atoms with Crippen LogP contribution in [0, 0.1) is 12.8 Å². The molecule has 0 heterocycles. The quantitative estimate of drug-likeness (QED) is 0.812. The van der Waals surface area contributed by atoms with Gasteiger partial charge in [0, 0.05) is 16.2 Å². The van der Waals surface area contributed by atoms with Crippen molar-refractivity contribution in [2.24, 2.45) is 5.92 Å². The number of nitrogens with two attached hydrogens (primary N) is 1. The van der Waals surface area contributed by atoms with Crippen molar-refractivity contribution in [3.05, 3.63) is 22.2 Å². The first-order valence-corrected chi connectivity index (χ1v) is 9.17. The van der Waals surface area contributed by atoms with Crippen molar-refractivity contribution >= 4 is 31.6 Å². The first-order chi connectivity index (χ1) is 9.31. The number of nitrogen functional groups attached to an aromatic ring is 1. The molecule has 1 saturated carbocycles. The number of hydrogen-bond acceptors (Lipinski definition) is 3. The van der Waals surface area contributed by atoms with E-state index in [4.69, 9.17) is 5.73 Å². The van der Waals surface area contributed by atoms with Crippen LogP contribution in [0.4, 0.5) is 5.69 Å². The normalized spacial score (nSPS) is 23.8. The summed E-state index contributed by atoms with van der Waals surface area (Å²) in [5.41, 5.74) is 6.94. The van der Waals surface area contributed by atoms with Crippen molar-refractivity contribution in [1.82, 2.24) is 4.72 Å². The van der Waals surface area contributed by atoms with Crippen molar-refractivity contribution in [1.29, 1.82) is 0 Å². The van der Waals surface area contributed by atoms with Crippen molar-refractivity contribution < 1.29 is 8.42 Å². The van der Waals surface area contributed by atoms with E-state index in [0.717, 1.165) is 19.3 Å². The summed E-state index contributed by atoms with van der Waals surface area (Å²) < 4.78 is 28.7. The van der Waals surface area contributed by atoms with Crippen LogP contribution in [0.1, 0.15) is 38.2 Å². The maximum Gasteiger partial charge on any atom is 0.241 e. The van der Waals surface area contributed by atoms with Gasteiger partial charge in [-0.3, -0.25) is 0 Å². The van der Waals surface area contributed by atoms with Crippen LogP contribution in [0.2, 0.25) is 0 Å². The van der Waals surface area contributed by atoms with E-state index in [0.29, 0.717) is 21.6 Å². The van der Waals surface area contributed by atoms with Gasteiger partial charge in [0.05, 0.1) is 4.90 Å². The van der Waals surface area contributed by atoms with E-state index in [1.165, 1.54) is 6.42 Å². The monoisotopic (exact) mass is 360 g/mol. The van der Waals surface area contributed by atoms with Crippen LogP contribution in [-0.2, 0) is 10.0 Å². The summed E-state index contributed by atoms with van der Waals surface area (Å²) in [7, 11) is -3.53. The van der Waals surface area contributed by atoms with E-state index in [2.05, 4.69) is 27.6 Å². The van der Waals surface area contributed by atoms with E-state index in [1.807, 2.05) is 0 Å². The first kappa shape index (κ1) is 15.8. The van der Waals surface area contributed by atoms with Gasteiger partial charge in [-0.15, -0.1) is 0 Å². The van der Waals surface area contributed by atoms with Crippen molar-refractivity contribution in [2.75, 3.05) is 5.73 Å². The minimum Gasteiger partial charge on any atom is -0.398 e. The molecule has 1 aromatic rings. The number of halogens is 1. The lowest BCUT2D eigenvalue weighted by Gasteiger charge is -2.29. The Balaban J connectivity index is 2.31. The lowest BCUT2D eigenvalue weighted by molar-refractivity contribution is 0.310. The number of nitrogens with one attached hydrogen (secondary N) is 1. The minimum absolute atomic E-state index is 0.0216. The van der Waals surface area contributed by atoms with Gasteiger partial charge in [-0.05, 0) is 43.4 Å². The lowest BCUT2D eigenvalue weighted by Crippen LogP contribution is -2.41. The van der Waals surface area contributed by atoms with Gasteiger partial charge in [-0.25, -0.2) is 13.1 Å². The minimum atomic E-state index is -3.53. The topological polar surface area (TPSA) is 72.2 Å². The van der Waals surface area contributed by atoms with E-state index < -0.39 is 10.0 Å². The predicted octanol–water partition coefficient (Wildman–Crippen LogP) is 3.20. The Hall–Kier alpha value is -0.590. The molecule has 1 aliphatic carbocycles. The molecule has 112 valence electrons. The molecule has 6 heteroatoms. The summed E-state index contributed by atoms with van der Waals surface area (Å²) in [6, 6.07) is 3.35. The molecular weight excluding hydrogens is 340 g/mol. The highest BCUT2D eigenvalue weighted by molar-refractivity contribution is 9.10. The zero-order chi connectivity index (χ0) is 14.9. The summed E-state index contributed by atoms with van der Waals surface area (Å²) in [6.45, 7) is 3.84. The molecule has 0 bridgehead atoms. The Kier molecular flexibility index (Phi) is 4.76. The molecule has 4 nitrogen and oxygen atoms in total. The molecule has 3 N–H and O–H groups in total. The molecule has 1 aliphatic rings. The maximum atomic E-state index is 12.6. The summed E-state index contributed by atoms with van der Waals surface area (Å²) in [4.78, 5) is 0.266. The van der Waals surface area contributed by atoms with Gasteiger partial charge in [-0.1, -0.05) is 35.7 Å².